The molecule has 0 aliphatic carbocycles. The molecule has 0 spiro atoms. The van der Waals surface area contributed by atoms with Crippen LogP contribution in [-0.2, 0) is 6.54 Å². The zero-order valence-corrected chi connectivity index (χ0v) is 16.7. The molecule has 132 valence electrons. The van der Waals surface area contributed by atoms with E-state index in [4.69, 9.17) is 4.42 Å². The summed E-state index contributed by atoms with van der Waals surface area (Å²) in [6.07, 6.45) is 5.51. The molecule has 0 amide bonds. The van der Waals surface area contributed by atoms with Gasteiger partial charge in [0.2, 0.25) is 0 Å². The minimum absolute atomic E-state index is 0. The number of rotatable bonds is 7. The third-order valence-electron chi connectivity index (χ3n) is 4.12. The van der Waals surface area contributed by atoms with Gasteiger partial charge in [-0.1, -0.05) is 6.92 Å². The molecule has 1 aliphatic heterocycles. The van der Waals surface area contributed by atoms with Crippen LogP contribution in [0, 0.1) is 5.92 Å². The Hall–Kier alpha value is -0.760. The Morgan fingerprint density at radius 3 is 2.70 bits per heavy atom. The van der Waals surface area contributed by atoms with Gasteiger partial charge in [0.15, 0.2) is 5.96 Å². The Morgan fingerprint density at radius 2 is 2.09 bits per heavy atom. The second-order valence-corrected chi connectivity index (χ2v) is 5.94. The van der Waals surface area contributed by atoms with Gasteiger partial charge in [0.1, 0.15) is 12.3 Å². The molecule has 6 heteroatoms. The predicted molar refractivity (Wildman–Crippen MR) is 106 cm³/mol. The van der Waals surface area contributed by atoms with Gasteiger partial charge in [0.05, 0.1) is 6.26 Å². The maximum atomic E-state index is 5.32. The fraction of sp³-hybridized carbons (Fsp3) is 0.706. The molecule has 0 saturated carbocycles. The molecule has 2 N–H and O–H groups in total. The molecule has 0 atom stereocenters. The second-order valence-electron chi connectivity index (χ2n) is 5.94. The standard InChI is InChI=1S/C17H30N4O.HI/c1-3-9-21-10-7-15(8-11-21)13-19-17(18-4-2)20-14-16-6-5-12-22-16;/h5-6,12,15H,3-4,7-11,13-14H2,1-2H3,(H2,18,19,20);1H. The van der Waals surface area contributed by atoms with Crippen molar-refractivity contribution >= 4 is 29.9 Å². The van der Waals surface area contributed by atoms with Crippen LogP contribution >= 0.6 is 24.0 Å². The van der Waals surface area contributed by atoms with Crippen molar-refractivity contribution in [2.75, 3.05) is 32.7 Å². The topological polar surface area (TPSA) is 52.8 Å². The number of hydrogen-bond donors (Lipinski definition) is 2. The van der Waals surface area contributed by atoms with Gasteiger partial charge in [-0.2, -0.15) is 0 Å². The largest absolute Gasteiger partial charge is 0.467 e. The van der Waals surface area contributed by atoms with Crippen LogP contribution in [0.3, 0.4) is 0 Å². The fourth-order valence-electron chi connectivity index (χ4n) is 2.87. The smallest absolute Gasteiger partial charge is 0.191 e. The summed E-state index contributed by atoms with van der Waals surface area (Å²) >= 11 is 0. The molecule has 1 aromatic rings. The molecule has 5 nitrogen and oxygen atoms in total. The highest BCUT2D eigenvalue weighted by Crippen LogP contribution is 2.16. The van der Waals surface area contributed by atoms with Gasteiger partial charge in [-0.15, -0.1) is 24.0 Å². The van der Waals surface area contributed by atoms with Crippen LogP contribution in [0.4, 0.5) is 0 Å². The Balaban J connectivity index is 0.00000264. The number of nitrogens with zero attached hydrogens (tertiary/aromatic N) is 2. The molecule has 0 unspecified atom stereocenters. The predicted octanol–water partition coefficient (Wildman–Crippen LogP) is 3.07. The maximum Gasteiger partial charge on any atom is 0.191 e. The van der Waals surface area contributed by atoms with Crippen LogP contribution in [0.1, 0.15) is 38.9 Å². The van der Waals surface area contributed by atoms with Crippen LogP contribution in [0.25, 0.3) is 0 Å². The molecular weight excluding hydrogens is 403 g/mol. The van der Waals surface area contributed by atoms with Gasteiger partial charge in [-0.05, 0) is 63.9 Å². The highest BCUT2D eigenvalue weighted by molar-refractivity contribution is 14.0. The van der Waals surface area contributed by atoms with Crippen molar-refractivity contribution in [1.82, 2.24) is 15.5 Å². The van der Waals surface area contributed by atoms with E-state index >= 15 is 0 Å². The quantitative estimate of drug-likeness (QED) is 0.394. The normalized spacial score (nSPS) is 16.9. The second kappa shape index (κ2) is 11.7. The lowest BCUT2D eigenvalue weighted by molar-refractivity contribution is 0.185. The molecule has 1 aromatic heterocycles. The van der Waals surface area contributed by atoms with Gasteiger partial charge in [0.25, 0.3) is 0 Å². The van der Waals surface area contributed by atoms with Gasteiger partial charge in [0, 0.05) is 13.1 Å². The highest BCUT2D eigenvalue weighted by Gasteiger charge is 2.18. The van der Waals surface area contributed by atoms with E-state index in [-0.39, 0.29) is 24.0 Å². The first-order valence-corrected chi connectivity index (χ1v) is 8.58. The molecule has 0 bridgehead atoms. The van der Waals surface area contributed by atoms with Gasteiger partial charge < -0.3 is 20.0 Å². The Bertz CT molecular complexity index is 428. The first-order chi connectivity index (χ1) is 10.8. The lowest BCUT2D eigenvalue weighted by Gasteiger charge is -2.32. The van der Waals surface area contributed by atoms with Crippen molar-refractivity contribution in [3.8, 4) is 0 Å². The average Bonchev–Trinajstić information content (AvgIpc) is 3.05. The monoisotopic (exact) mass is 434 g/mol. The van der Waals surface area contributed by atoms with Crippen molar-refractivity contribution in [1.29, 1.82) is 0 Å². The Morgan fingerprint density at radius 1 is 1.30 bits per heavy atom. The fourth-order valence-corrected chi connectivity index (χ4v) is 2.87. The van der Waals surface area contributed by atoms with Crippen molar-refractivity contribution in [3.05, 3.63) is 24.2 Å². The number of halogens is 1. The Kier molecular flexibility index (Phi) is 10.3. The van der Waals surface area contributed by atoms with Crippen molar-refractivity contribution < 1.29 is 4.42 Å². The molecule has 1 fully saturated rings. The summed E-state index contributed by atoms with van der Waals surface area (Å²) in [6.45, 7) is 10.5. The summed E-state index contributed by atoms with van der Waals surface area (Å²) in [5.41, 5.74) is 0. The lowest BCUT2D eigenvalue weighted by Crippen LogP contribution is -2.43. The average molecular weight is 434 g/mol. The summed E-state index contributed by atoms with van der Waals surface area (Å²) in [6, 6.07) is 3.85. The van der Waals surface area contributed by atoms with Crippen molar-refractivity contribution in [2.24, 2.45) is 10.9 Å². The van der Waals surface area contributed by atoms with E-state index in [0.29, 0.717) is 6.54 Å². The first-order valence-electron chi connectivity index (χ1n) is 8.58. The summed E-state index contributed by atoms with van der Waals surface area (Å²) in [5, 5.41) is 6.78. The van der Waals surface area contributed by atoms with Gasteiger partial charge in [-0.3, -0.25) is 0 Å². The van der Waals surface area contributed by atoms with E-state index in [1.54, 1.807) is 6.26 Å². The summed E-state index contributed by atoms with van der Waals surface area (Å²) < 4.78 is 5.32. The summed E-state index contributed by atoms with van der Waals surface area (Å²) in [4.78, 5) is 7.15. The molecule has 2 heterocycles. The summed E-state index contributed by atoms with van der Waals surface area (Å²) in [7, 11) is 0. The number of guanidine groups is 1. The first kappa shape index (κ1) is 20.3. The van der Waals surface area contributed by atoms with Crippen LogP contribution in [-0.4, -0.2) is 43.6 Å². The molecular formula is C17H31IN4O. The third kappa shape index (κ3) is 7.56. The zero-order chi connectivity index (χ0) is 15.6. The number of nitrogens with one attached hydrogen (secondary N) is 2. The van der Waals surface area contributed by atoms with Crippen molar-refractivity contribution in [3.63, 3.8) is 0 Å². The molecule has 1 aliphatic rings. The zero-order valence-electron chi connectivity index (χ0n) is 14.4. The summed E-state index contributed by atoms with van der Waals surface area (Å²) in [5.74, 6) is 2.53. The van der Waals surface area contributed by atoms with Gasteiger partial charge >= 0.3 is 0 Å². The van der Waals surface area contributed by atoms with E-state index in [9.17, 15) is 0 Å². The van der Waals surface area contributed by atoms with E-state index in [1.165, 1.54) is 38.9 Å². The molecule has 23 heavy (non-hydrogen) atoms. The van der Waals surface area contributed by atoms with Crippen LogP contribution < -0.4 is 10.6 Å². The lowest BCUT2D eigenvalue weighted by atomic mass is 9.97. The molecule has 1 saturated heterocycles. The SMILES string of the molecule is CCCN1CCC(CNC(=NCc2ccco2)NCC)CC1.I. The van der Waals surface area contributed by atoms with Crippen LogP contribution in [0.15, 0.2) is 27.8 Å². The van der Waals surface area contributed by atoms with E-state index in [0.717, 1.165) is 30.7 Å². The number of furan rings is 1. The highest BCUT2D eigenvalue weighted by atomic mass is 127. The number of likely N-dealkylation sites (tertiary alicyclic amines) is 1. The molecule has 2 rings (SSSR count). The van der Waals surface area contributed by atoms with Crippen LogP contribution in [0.5, 0.6) is 0 Å². The van der Waals surface area contributed by atoms with E-state index < -0.39 is 0 Å². The van der Waals surface area contributed by atoms with Gasteiger partial charge in [-0.25, -0.2) is 4.99 Å². The maximum absolute atomic E-state index is 5.32. The number of hydrogen-bond acceptors (Lipinski definition) is 3. The minimum atomic E-state index is 0. The third-order valence-corrected chi connectivity index (χ3v) is 4.12. The number of piperidine rings is 1. The van der Waals surface area contributed by atoms with E-state index in [2.05, 4.69) is 34.4 Å². The van der Waals surface area contributed by atoms with E-state index in [1.807, 2.05) is 12.1 Å². The number of aliphatic imine (C=N–C) groups is 1. The molecule has 0 radical (unpaired) electrons. The minimum Gasteiger partial charge on any atom is -0.467 e. The Labute approximate surface area is 157 Å². The molecule has 0 aromatic carbocycles. The van der Waals surface area contributed by atoms with Crippen LogP contribution in [0.2, 0.25) is 0 Å². The van der Waals surface area contributed by atoms with Crippen molar-refractivity contribution in [2.45, 2.75) is 39.7 Å².